The van der Waals surface area contributed by atoms with Crippen molar-refractivity contribution in [3.05, 3.63) is 0 Å². The number of ether oxygens (including phenoxy) is 1. The van der Waals surface area contributed by atoms with E-state index in [1.807, 2.05) is 0 Å². The predicted octanol–water partition coefficient (Wildman–Crippen LogP) is 1.88. The zero-order valence-corrected chi connectivity index (χ0v) is 12.0. The van der Waals surface area contributed by atoms with Crippen molar-refractivity contribution < 1.29 is 14.3 Å². The molecule has 1 heterocycles. The van der Waals surface area contributed by atoms with Crippen LogP contribution in [-0.4, -0.2) is 24.0 Å². The smallest absolute Gasteiger partial charge is 0.310 e. The molecule has 0 aromatic carbocycles. The van der Waals surface area contributed by atoms with Crippen molar-refractivity contribution in [2.45, 2.75) is 57.6 Å². The monoisotopic (exact) mass is 277 g/mol. The Morgan fingerprint density at radius 3 is 2.70 bits per heavy atom. The Hall–Kier alpha value is -1.06. The molecule has 3 saturated carbocycles. The summed E-state index contributed by atoms with van der Waals surface area (Å²) in [4.78, 5) is 24.5. The summed E-state index contributed by atoms with van der Waals surface area (Å²) in [6, 6.07) is 0.325. The van der Waals surface area contributed by atoms with Gasteiger partial charge in [0, 0.05) is 12.0 Å². The lowest BCUT2D eigenvalue weighted by molar-refractivity contribution is -0.146. The number of hydrogen-bond donors (Lipinski definition) is 1. The molecular formula is C16H23NO3. The highest BCUT2D eigenvalue weighted by Gasteiger charge is 2.63. The summed E-state index contributed by atoms with van der Waals surface area (Å²) < 4.78 is 5.40. The summed E-state index contributed by atoms with van der Waals surface area (Å²) in [5.41, 5.74) is 0. The largest absolute Gasteiger partial charge is 0.462 e. The van der Waals surface area contributed by atoms with Crippen LogP contribution in [-0.2, 0) is 14.3 Å². The Kier molecular flexibility index (Phi) is 2.83. The van der Waals surface area contributed by atoms with Gasteiger partial charge in [0.2, 0.25) is 5.91 Å². The molecule has 1 saturated heterocycles. The second-order valence-electron chi connectivity index (χ2n) is 7.39. The molecule has 0 aromatic heterocycles. The fourth-order valence-electron chi connectivity index (χ4n) is 5.07. The minimum Gasteiger partial charge on any atom is -0.462 e. The van der Waals surface area contributed by atoms with Gasteiger partial charge in [0.1, 0.15) is 6.10 Å². The zero-order chi connectivity index (χ0) is 13.9. The van der Waals surface area contributed by atoms with Gasteiger partial charge in [0.05, 0.1) is 11.8 Å². The molecule has 0 unspecified atom stereocenters. The number of fused-ring (bicyclic) bond motifs is 1. The molecule has 3 aliphatic carbocycles. The summed E-state index contributed by atoms with van der Waals surface area (Å²) in [6.07, 6.45) is 6.63. The third-order valence-electron chi connectivity index (χ3n) is 6.15. The third kappa shape index (κ3) is 1.80. The van der Waals surface area contributed by atoms with Crippen LogP contribution in [0.4, 0.5) is 0 Å². The van der Waals surface area contributed by atoms with E-state index in [0.717, 1.165) is 31.6 Å². The first-order chi connectivity index (χ1) is 9.63. The lowest BCUT2D eigenvalue weighted by Crippen LogP contribution is -2.45. The first-order valence-corrected chi connectivity index (χ1v) is 8.14. The molecule has 110 valence electrons. The topological polar surface area (TPSA) is 55.4 Å². The molecule has 1 aliphatic heterocycles. The molecule has 0 aromatic rings. The number of hydrogen-bond acceptors (Lipinski definition) is 3. The number of amides is 1. The summed E-state index contributed by atoms with van der Waals surface area (Å²) in [6.45, 7) is 2.28. The first-order valence-electron chi connectivity index (χ1n) is 8.14. The summed E-state index contributed by atoms with van der Waals surface area (Å²) in [5, 5.41) is 3.22. The van der Waals surface area contributed by atoms with Gasteiger partial charge < -0.3 is 10.1 Å². The van der Waals surface area contributed by atoms with Crippen molar-refractivity contribution in [3.8, 4) is 0 Å². The predicted molar refractivity (Wildman–Crippen MR) is 72.6 cm³/mol. The minimum atomic E-state index is -0.138. The van der Waals surface area contributed by atoms with E-state index in [-0.39, 0.29) is 29.8 Å². The van der Waals surface area contributed by atoms with E-state index in [9.17, 15) is 9.59 Å². The number of carbonyl (C=O) groups excluding carboxylic acids is 2. The van der Waals surface area contributed by atoms with E-state index < -0.39 is 0 Å². The van der Waals surface area contributed by atoms with Crippen LogP contribution in [0, 0.1) is 29.6 Å². The van der Waals surface area contributed by atoms with Crippen LogP contribution < -0.4 is 5.32 Å². The fourth-order valence-corrected chi connectivity index (χ4v) is 5.07. The first kappa shape index (κ1) is 12.7. The van der Waals surface area contributed by atoms with Crippen LogP contribution in [0.3, 0.4) is 0 Å². The SMILES string of the molecule is CC1CCC(NC(=O)[C@@H]2[C@@H]3C[C@@H]4[C@H]2C(=O)O[C@H]4C3)CC1. The molecule has 4 rings (SSSR count). The van der Waals surface area contributed by atoms with Gasteiger partial charge in [-0.25, -0.2) is 0 Å². The molecule has 0 spiro atoms. The Morgan fingerprint density at radius 1 is 1.20 bits per heavy atom. The van der Waals surface area contributed by atoms with Gasteiger partial charge in [0.15, 0.2) is 0 Å². The van der Waals surface area contributed by atoms with Crippen LogP contribution >= 0.6 is 0 Å². The third-order valence-corrected chi connectivity index (χ3v) is 6.15. The van der Waals surface area contributed by atoms with Crippen molar-refractivity contribution in [2.24, 2.45) is 29.6 Å². The van der Waals surface area contributed by atoms with Gasteiger partial charge in [-0.2, -0.15) is 0 Å². The van der Waals surface area contributed by atoms with E-state index in [0.29, 0.717) is 17.9 Å². The lowest BCUT2D eigenvalue weighted by Gasteiger charge is -2.30. The van der Waals surface area contributed by atoms with Gasteiger partial charge in [-0.1, -0.05) is 6.92 Å². The van der Waals surface area contributed by atoms with Crippen molar-refractivity contribution in [1.82, 2.24) is 5.32 Å². The van der Waals surface area contributed by atoms with Crippen LogP contribution in [0.2, 0.25) is 0 Å². The highest BCUT2D eigenvalue weighted by Crippen LogP contribution is 2.57. The van der Waals surface area contributed by atoms with Crippen molar-refractivity contribution in [1.29, 1.82) is 0 Å². The van der Waals surface area contributed by atoms with Crippen LogP contribution in [0.1, 0.15) is 45.4 Å². The van der Waals surface area contributed by atoms with Crippen molar-refractivity contribution >= 4 is 11.9 Å². The lowest BCUT2D eigenvalue weighted by atomic mass is 9.79. The number of rotatable bonds is 2. The van der Waals surface area contributed by atoms with Crippen LogP contribution in [0.25, 0.3) is 0 Å². The minimum absolute atomic E-state index is 0.106. The maximum Gasteiger partial charge on any atom is 0.310 e. The maximum atomic E-state index is 12.6. The van der Waals surface area contributed by atoms with E-state index in [4.69, 9.17) is 4.74 Å². The highest BCUT2D eigenvalue weighted by atomic mass is 16.6. The van der Waals surface area contributed by atoms with Gasteiger partial charge >= 0.3 is 5.97 Å². The van der Waals surface area contributed by atoms with E-state index >= 15 is 0 Å². The van der Waals surface area contributed by atoms with Gasteiger partial charge in [-0.3, -0.25) is 9.59 Å². The Morgan fingerprint density at radius 2 is 1.95 bits per heavy atom. The Bertz CT molecular complexity index is 439. The maximum absolute atomic E-state index is 12.6. The van der Waals surface area contributed by atoms with Gasteiger partial charge in [-0.05, 0) is 50.4 Å². The molecular weight excluding hydrogens is 254 g/mol. The molecule has 4 nitrogen and oxygen atoms in total. The van der Waals surface area contributed by atoms with E-state index in [1.54, 1.807) is 0 Å². The van der Waals surface area contributed by atoms with Crippen LogP contribution in [0.5, 0.6) is 0 Å². The van der Waals surface area contributed by atoms with Crippen molar-refractivity contribution in [3.63, 3.8) is 0 Å². The Labute approximate surface area is 119 Å². The van der Waals surface area contributed by atoms with E-state index in [2.05, 4.69) is 12.2 Å². The highest BCUT2D eigenvalue weighted by molar-refractivity contribution is 5.88. The molecule has 4 heteroatoms. The molecule has 2 bridgehead atoms. The van der Waals surface area contributed by atoms with Gasteiger partial charge in [0.25, 0.3) is 0 Å². The van der Waals surface area contributed by atoms with Crippen molar-refractivity contribution in [2.75, 3.05) is 0 Å². The van der Waals surface area contributed by atoms with Gasteiger partial charge in [-0.15, -0.1) is 0 Å². The molecule has 4 aliphatic rings. The molecule has 20 heavy (non-hydrogen) atoms. The van der Waals surface area contributed by atoms with Crippen LogP contribution in [0.15, 0.2) is 0 Å². The molecule has 4 fully saturated rings. The molecule has 1 amide bonds. The number of esters is 1. The fraction of sp³-hybridized carbons (Fsp3) is 0.875. The Balaban J connectivity index is 1.43. The number of carbonyl (C=O) groups is 2. The normalized spacial score (nSPS) is 49.2. The summed E-state index contributed by atoms with van der Waals surface area (Å²) >= 11 is 0. The second-order valence-corrected chi connectivity index (χ2v) is 7.39. The molecule has 5 atom stereocenters. The number of nitrogens with one attached hydrogen (secondary N) is 1. The average Bonchev–Trinajstić information content (AvgIpc) is 3.02. The van der Waals surface area contributed by atoms with E-state index in [1.165, 1.54) is 12.8 Å². The summed E-state index contributed by atoms with van der Waals surface area (Å²) in [7, 11) is 0. The second kappa shape index (κ2) is 4.47. The standard InChI is InChI=1S/C16H23NO3/c1-8-2-4-10(5-3-8)17-15(18)13-9-6-11-12(7-9)20-16(19)14(11)13/h8-14H,2-7H2,1H3,(H,17,18)/t8?,9-,10?,11+,12+,13-,14-/m1/s1. The average molecular weight is 277 g/mol. The molecule has 1 N–H and O–H groups in total. The summed E-state index contributed by atoms with van der Waals surface area (Å²) in [5.74, 6) is 1.26. The molecule has 0 radical (unpaired) electrons. The zero-order valence-electron chi connectivity index (χ0n) is 12.0. The quantitative estimate of drug-likeness (QED) is 0.784.